The first-order valence-corrected chi connectivity index (χ1v) is 10.8. The summed E-state index contributed by atoms with van der Waals surface area (Å²) in [6, 6.07) is 9.72. The lowest BCUT2D eigenvalue weighted by atomic mass is 9.84. The number of piperazine rings is 1. The van der Waals surface area contributed by atoms with E-state index in [9.17, 15) is 8.42 Å². The fourth-order valence-corrected chi connectivity index (χ4v) is 5.48. The van der Waals surface area contributed by atoms with Gasteiger partial charge in [0, 0.05) is 6.92 Å². The largest absolute Gasteiger partial charge is 0.319 e. The fourth-order valence-electron chi connectivity index (χ4n) is 4.04. The van der Waals surface area contributed by atoms with Gasteiger partial charge in [-0.3, -0.25) is 0 Å². The maximum Gasteiger partial charge on any atom is 0.243 e. The summed E-state index contributed by atoms with van der Waals surface area (Å²) in [5.41, 5.74) is 1.27. The van der Waals surface area contributed by atoms with Crippen LogP contribution in [0.3, 0.4) is 0 Å². The molecule has 1 aliphatic heterocycles. The first-order valence-electron chi connectivity index (χ1n) is 9.36. The lowest BCUT2D eigenvalue weighted by molar-refractivity contribution is -0.918. The molecule has 1 aromatic carbocycles. The number of hydrogen-bond donors (Lipinski definition) is 1. The van der Waals surface area contributed by atoms with E-state index >= 15 is 0 Å². The fraction of sp³-hybridized carbons (Fsp3) is 0.632. The average Bonchev–Trinajstić information content (AvgIpc) is 2.68. The number of hydrogen-bond acceptors (Lipinski definition) is 3. The Morgan fingerprint density at radius 1 is 1.12 bits per heavy atom. The third kappa shape index (κ3) is 4.05. The Morgan fingerprint density at radius 3 is 2.28 bits per heavy atom. The molecular weight excluding hydrogens is 334 g/mol. The van der Waals surface area contributed by atoms with Gasteiger partial charge in [0.2, 0.25) is 10.0 Å². The van der Waals surface area contributed by atoms with Gasteiger partial charge >= 0.3 is 0 Å². The van der Waals surface area contributed by atoms with Crippen LogP contribution in [0.25, 0.3) is 0 Å². The van der Waals surface area contributed by atoms with Gasteiger partial charge in [-0.05, 0) is 36.5 Å². The molecule has 0 amide bonds. The summed E-state index contributed by atoms with van der Waals surface area (Å²) in [6.45, 7) is 4.23. The highest BCUT2D eigenvalue weighted by molar-refractivity contribution is 7.89. The highest BCUT2D eigenvalue weighted by Crippen LogP contribution is 2.33. The van der Waals surface area contributed by atoms with E-state index in [2.05, 4.69) is 6.07 Å². The zero-order valence-electron chi connectivity index (χ0n) is 14.9. The molecule has 3 rings (SSSR count). The molecule has 136 valence electrons. The molecule has 0 aromatic heterocycles. The SMILES string of the molecule is C[C@@H](C#N)[NH+]1CCN(S(=O)(=O)c2ccc(C3CCCCC3)cc2)CC1. The van der Waals surface area contributed by atoms with Gasteiger partial charge < -0.3 is 4.90 Å². The number of nitriles is 1. The van der Waals surface area contributed by atoms with Crippen LogP contribution in [0, 0.1) is 11.3 Å². The lowest BCUT2D eigenvalue weighted by Gasteiger charge is -2.32. The molecule has 0 bridgehead atoms. The summed E-state index contributed by atoms with van der Waals surface area (Å²) in [7, 11) is -3.43. The minimum absolute atomic E-state index is 0.0837. The molecule has 0 radical (unpaired) electrons. The van der Waals surface area contributed by atoms with Crippen molar-refractivity contribution in [3.05, 3.63) is 29.8 Å². The molecule has 0 spiro atoms. The second kappa shape index (κ2) is 7.86. The van der Waals surface area contributed by atoms with E-state index in [4.69, 9.17) is 5.26 Å². The van der Waals surface area contributed by atoms with Crippen molar-refractivity contribution in [2.24, 2.45) is 0 Å². The molecule has 2 aliphatic rings. The number of sulfonamides is 1. The van der Waals surface area contributed by atoms with Gasteiger partial charge in [0.05, 0.1) is 31.1 Å². The van der Waals surface area contributed by atoms with Crippen molar-refractivity contribution >= 4 is 10.0 Å². The van der Waals surface area contributed by atoms with Crippen LogP contribution >= 0.6 is 0 Å². The van der Waals surface area contributed by atoms with Gasteiger partial charge in [-0.15, -0.1) is 0 Å². The molecule has 1 aromatic rings. The molecule has 0 unspecified atom stereocenters. The van der Waals surface area contributed by atoms with Crippen LogP contribution in [0.15, 0.2) is 29.2 Å². The van der Waals surface area contributed by atoms with Crippen molar-refractivity contribution in [1.82, 2.24) is 4.31 Å². The summed E-state index contributed by atoms with van der Waals surface area (Å²) in [4.78, 5) is 1.56. The quantitative estimate of drug-likeness (QED) is 0.883. The van der Waals surface area contributed by atoms with E-state index in [1.54, 1.807) is 16.4 Å². The van der Waals surface area contributed by atoms with Crippen LogP contribution < -0.4 is 4.90 Å². The standard InChI is InChI=1S/C19H27N3O2S/c1-16(15-20)21-11-13-22(14-12-21)25(23,24)19-9-7-18(8-10-19)17-5-3-2-4-6-17/h7-10,16-17H,2-6,11-14H2,1H3/p+1/t16-/m0/s1. The first-order chi connectivity index (χ1) is 12.0. The maximum atomic E-state index is 12.9. The van der Waals surface area contributed by atoms with Crippen molar-refractivity contribution in [2.45, 2.75) is 55.9 Å². The van der Waals surface area contributed by atoms with Crippen LogP contribution in [0.1, 0.15) is 50.5 Å². The Labute approximate surface area is 151 Å². The Hall–Kier alpha value is -1.42. The van der Waals surface area contributed by atoms with Gasteiger partial charge in [0.15, 0.2) is 6.04 Å². The highest BCUT2D eigenvalue weighted by atomic mass is 32.2. The number of quaternary nitrogens is 1. The molecule has 5 nitrogen and oxygen atoms in total. The van der Waals surface area contributed by atoms with Crippen molar-refractivity contribution in [3.63, 3.8) is 0 Å². The summed E-state index contributed by atoms with van der Waals surface area (Å²) in [5, 5.41) is 9.02. The van der Waals surface area contributed by atoms with E-state index in [-0.39, 0.29) is 6.04 Å². The molecule has 1 saturated heterocycles. The molecule has 1 saturated carbocycles. The van der Waals surface area contributed by atoms with Crippen LogP contribution in [0.5, 0.6) is 0 Å². The average molecular weight is 363 g/mol. The van der Waals surface area contributed by atoms with E-state index in [0.29, 0.717) is 37.0 Å². The van der Waals surface area contributed by atoms with Gasteiger partial charge in [0.1, 0.15) is 6.07 Å². The topological polar surface area (TPSA) is 65.6 Å². The molecule has 25 heavy (non-hydrogen) atoms. The van der Waals surface area contributed by atoms with Crippen molar-refractivity contribution < 1.29 is 13.3 Å². The molecule has 1 atom stereocenters. The zero-order valence-corrected chi connectivity index (χ0v) is 15.8. The maximum absolute atomic E-state index is 12.9. The van der Waals surface area contributed by atoms with E-state index < -0.39 is 10.0 Å². The zero-order chi connectivity index (χ0) is 17.9. The second-order valence-corrected chi connectivity index (χ2v) is 9.26. The van der Waals surface area contributed by atoms with Crippen molar-refractivity contribution in [3.8, 4) is 6.07 Å². The predicted octanol–water partition coefficient (Wildman–Crippen LogP) is 1.54. The van der Waals surface area contributed by atoms with Gasteiger partial charge in [0.25, 0.3) is 0 Å². The van der Waals surface area contributed by atoms with Crippen LogP contribution in [0.2, 0.25) is 0 Å². The predicted molar refractivity (Wildman–Crippen MR) is 96.8 cm³/mol. The normalized spacial score (nSPS) is 22.4. The van der Waals surface area contributed by atoms with Crippen molar-refractivity contribution in [1.29, 1.82) is 5.26 Å². The van der Waals surface area contributed by atoms with E-state index in [1.165, 1.54) is 42.6 Å². The number of nitrogens with zero attached hydrogens (tertiary/aromatic N) is 2. The third-order valence-corrected chi connectivity index (χ3v) is 7.68. The number of nitrogens with one attached hydrogen (secondary N) is 1. The minimum atomic E-state index is -3.43. The van der Waals surface area contributed by atoms with E-state index in [1.807, 2.05) is 19.1 Å². The smallest absolute Gasteiger partial charge is 0.243 e. The molecule has 2 fully saturated rings. The lowest BCUT2D eigenvalue weighted by Crippen LogP contribution is -3.17. The van der Waals surface area contributed by atoms with Gasteiger partial charge in [-0.1, -0.05) is 31.4 Å². The van der Waals surface area contributed by atoms with Gasteiger partial charge in [-0.2, -0.15) is 9.57 Å². The third-order valence-electron chi connectivity index (χ3n) is 5.77. The van der Waals surface area contributed by atoms with Crippen LogP contribution in [0.4, 0.5) is 0 Å². The molecular formula is C19H28N3O2S+. The number of benzene rings is 1. The first kappa shape index (κ1) is 18.4. The molecule has 6 heteroatoms. The Kier molecular flexibility index (Phi) is 5.78. The second-order valence-electron chi connectivity index (χ2n) is 7.32. The monoisotopic (exact) mass is 362 g/mol. The minimum Gasteiger partial charge on any atom is -0.319 e. The van der Waals surface area contributed by atoms with E-state index in [0.717, 1.165) is 0 Å². The summed E-state index contributed by atoms with van der Waals surface area (Å²) >= 11 is 0. The molecule has 1 aliphatic carbocycles. The molecule has 1 heterocycles. The van der Waals surface area contributed by atoms with Crippen LogP contribution in [-0.2, 0) is 10.0 Å². The summed E-state index contributed by atoms with van der Waals surface area (Å²) in [5.74, 6) is 0.588. The van der Waals surface area contributed by atoms with Gasteiger partial charge in [-0.25, -0.2) is 8.42 Å². The number of rotatable bonds is 4. The van der Waals surface area contributed by atoms with Crippen LogP contribution in [-0.4, -0.2) is 44.9 Å². The Morgan fingerprint density at radius 2 is 1.72 bits per heavy atom. The summed E-state index contributed by atoms with van der Waals surface area (Å²) in [6.07, 6.45) is 6.31. The Balaban J connectivity index is 1.67. The van der Waals surface area contributed by atoms with Crippen molar-refractivity contribution in [2.75, 3.05) is 26.2 Å². The molecule has 1 N–H and O–H groups in total. The highest BCUT2D eigenvalue weighted by Gasteiger charge is 2.32. The Bertz CT molecular complexity index is 710. The summed E-state index contributed by atoms with van der Waals surface area (Å²) < 4.78 is 27.3.